The maximum absolute atomic E-state index is 14.4. The summed E-state index contributed by atoms with van der Waals surface area (Å²) in [5.74, 6) is -2.32. The molecular weight excluding hydrogens is 1910 g/mol. The maximum Gasteiger partial charge on any atom is 0.262 e. The molecule has 7 atom stereocenters. The van der Waals surface area contributed by atoms with Crippen LogP contribution in [0.5, 0.6) is 34.5 Å². The number of methoxy groups -OCH3 is 2. The van der Waals surface area contributed by atoms with Gasteiger partial charge in [-0.25, -0.2) is 26.2 Å². The van der Waals surface area contributed by atoms with Crippen LogP contribution in [0, 0.1) is 13.8 Å². The summed E-state index contributed by atoms with van der Waals surface area (Å²) < 4.78 is 99.6. The van der Waals surface area contributed by atoms with Crippen LogP contribution >= 0.6 is 0 Å². The lowest BCUT2D eigenvalue weighted by Crippen LogP contribution is -2.59. The highest BCUT2D eigenvalue weighted by Crippen LogP contribution is 2.44. The van der Waals surface area contributed by atoms with E-state index in [2.05, 4.69) is 31.3 Å². The molecule has 0 radical (unpaired) electrons. The summed E-state index contributed by atoms with van der Waals surface area (Å²) in [6.45, 7) is 10.9. The van der Waals surface area contributed by atoms with Crippen LogP contribution < -0.4 is 39.1 Å². The van der Waals surface area contributed by atoms with Crippen molar-refractivity contribution in [3.05, 3.63) is 236 Å². The van der Waals surface area contributed by atoms with Crippen LogP contribution in [-0.4, -0.2) is 206 Å². The van der Waals surface area contributed by atoms with Gasteiger partial charge in [-0.05, 0) is 244 Å². The molecule has 2 saturated heterocycles. The number of piperidine rings is 2. The van der Waals surface area contributed by atoms with Gasteiger partial charge in [-0.1, -0.05) is 122 Å². The fourth-order valence-electron chi connectivity index (χ4n) is 20.7. The number of unbranched alkanes of at least 4 members (excludes halogenated alkanes) is 8. The lowest BCUT2D eigenvalue weighted by molar-refractivity contribution is -0.136. The van der Waals surface area contributed by atoms with E-state index < -0.39 is 86.0 Å². The third-order valence-corrected chi connectivity index (χ3v) is 31.9. The van der Waals surface area contributed by atoms with E-state index in [1.165, 1.54) is 20.7 Å². The molecule has 10 aromatic carbocycles. The molecule has 8 heterocycles. The Morgan fingerprint density at radius 3 is 1.36 bits per heavy atom. The summed E-state index contributed by atoms with van der Waals surface area (Å²) in [5.41, 5.74) is 12.6. The highest BCUT2D eigenvalue weighted by Gasteiger charge is 2.46. The Morgan fingerprint density at radius 1 is 0.486 bits per heavy atom. The second kappa shape index (κ2) is 43.9. The number of aryl methyl sites for hydroxylation is 6. The summed E-state index contributed by atoms with van der Waals surface area (Å²) >= 11 is 0. The number of amides is 7. The molecule has 2 aromatic heterocycles. The normalized spacial score (nSPS) is 18.5. The average molecular weight is 2020 g/mol. The van der Waals surface area contributed by atoms with Crippen LogP contribution in [-0.2, 0) is 93.6 Å². The molecular formula is C110H118N12O22S2. The van der Waals surface area contributed by atoms with Crippen LogP contribution in [0.25, 0.3) is 43.6 Å². The molecule has 4 unspecified atom stereocenters. The van der Waals surface area contributed by atoms with Gasteiger partial charge in [0.1, 0.15) is 116 Å². The quantitative estimate of drug-likeness (QED) is 0.0239. The fraction of sp³-hybridized carbons (Fsp3) is 0.391. The topological polar surface area (TPSA) is 430 Å². The number of carbonyl (C=O) groups excluding carboxylic acids is 11. The number of hydrogen-bond acceptors (Lipinski definition) is 26. The van der Waals surface area contributed by atoms with Gasteiger partial charge in [0.05, 0.1) is 44.5 Å². The van der Waals surface area contributed by atoms with Crippen molar-refractivity contribution >= 4 is 128 Å². The van der Waals surface area contributed by atoms with Crippen molar-refractivity contribution < 1.29 is 103 Å². The third kappa shape index (κ3) is 22.1. The summed E-state index contributed by atoms with van der Waals surface area (Å²) in [6.07, 6.45) is 8.94. The Hall–Kier alpha value is -14.3. The fourth-order valence-corrected chi connectivity index (χ4v) is 23.9. The van der Waals surface area contributed by atoms with Gasteiger partial charge < -0.3 is 38.8 Å². The molecule has 36 heteroatoms. The molecule has 0 spiro atoms. The van der Waals surface area contributed by atoms with Crippen LogP contribution in [0.2, 0.25) is 0 Å². The monoisotopic (exact) mass is 2020 g/mol. The van der Waals surface area contributed by atoms with Gasteiger partial charge in [0.25, 0.3) is 23.6 Å². The molecule has 2 fully saturated rings. The van der Waals surface area contributed by atoms with Crippen LogP contribution in [0.15, 0.2) is 168 Å². The zero-order valence-corrected chi connectivity index (χ0v) is 84.9. The Bertz CT molecular complexity index is 7480. The Labute approximate surface area is 845 Å². The molecule has 7 amide bonds. The van der Waals surface area contributed by atoms with E-state index in [9.17, 15) is 74.7 Å². The molecule has 3 N–H and O–H groups in total. The Morgan fingerprint density at radius 2 is 0.918 bits per heavy atom. The zero-order valence-electron chi connectivity index (χ0n) is 83.2. The minimum Gasteiger partial charge on any atom is -0.494 e. The number of imide groups is 3. The highest BCUT2D eigenvalue weighted by atomic mass is 32.2. The lowest BCUT2D eigenvalue weighted by atomic mass is 9.85. The molecule has 146 heavy (non-hydrogen) atoms. The van der Waals surface area contributed by atoms with E-state index in [0.717, 1.165) is 141 Å². The lowest BCUT2D eigenvalue weighted by Gasteiger charge is -2.38. The molecule has 762 valence electrons. The van der Waals surface area contributed by atoms with E-state index in [1.54, 1.807) is 112 Å². The van der Waals surface area contributed by atoms with Crippen LogP contribution in [0.1, 0.15) is 252 Å². The molecule has 18 rings (SSSR count). The number of fused-ring (bicyclic) bond motifs is 4. The standard InChI is InChI=1S/C55H60N6O11S.C55H58N6O11S/c2*1-32-16-18-36(43(22-33(2)62)38-26-45-52(48(27-38)70-5)59(4)58-57-45)24-39(32)30-60-29-34(3)72-47-23-35(17-20-49(47)73(60,68)69)12-9-7-6-8-10-14-40(63)31-71-41-25-37-13-11-15-42-51(37)44(28-41)55(67)61(54(42)66)46-19-21-50(64)56-53(46)65/h11,13,15-18,20,23-28,34,43,46,53,65H,6-10,12,14,19,21-22,29-31H2,1-5H3,(H,56,64);11,13,15-18,20,23-28,34,43,46H,6-10,12,14,19,21-22,29-31H2,1-5H3,(H,56,64,65)/t34-,43?,46?,53?;34-,43+,46?/m11/s1. The summed E-state index contributed by atoms with van der Waals surface area (Å²) in [5, 5.41) is 34.2. The number of aliphatic hydroxyl groups is 1. The van der Waals surface area contributed by atoms with Crippen LogP contribution in [0.3, 0.4) is 0 Å². The van der Waals surface area contributed by atoms with E-state index in [4.69, 9.17) is 28.4 Å². The van der Waals surface area contributed by atoms with Gasteiger partial charge in [-0.15, -0.1) is 10.2 Å². The SMILES string of the molecule is COc1cc(C(CC(C)=O)c2ccc(C)c(CN3C[C@@H](C)Oc4cc(CCCCCCCC(=O)COc5cc6c7c(cccc7c5)C(=O)N(C5CCC(=O)NC5O)C6=O)ccc4S3(=O)=O)c2)cc2nnn(C)c12.COc1cc([C@@H](CC(C)=O)c2ccc(C)c(CN3C[C@@H](C)Oc4cc(CCCCCCCC(=O)COc5cc6c7c(cccc7c5)C(=O)N(C5CCC(=O)NC5=O)C6=O)ccc4S3(=O)=O)c2)cc2nnn(C)c12. The first-order chi connectivity index (χ1) is 70.0. The minimum absolute atomic E-state index is 0.00581. The van der Waals surface area contributed by atoms with Crippen molar-refractivity contribution in [3.8, 4) is 34.5 Å². The van der Waals surface area contributed by atoms with E-state index in [1.807, 2.05) is 113 Å². The number of ether oxygens (including phenoxy) is 6. The van der Waals surface area contributed by atoms with Gasteiger partial charge >= 0.3 is 0 Å². The van der Waals surface area contributed by atoms with E-state index in [-0.39, 0.29) is 151 Å². The number of aromatic nitrogens is 6. The van der Waals surface area contributed by atoms with Gasteiger partial charge in [-0.2, -0.15) is 8.61 Å². The van der Waals surface area contributed by atoms with Crippen LogP contribution in [0.4, 0.5) is 0 Å². The van der Waals surface area contributed by atoms with Crippen molar-refractivity contribution in [2.45, 2.75) is 235 Å². The van der Waals surface area contributed by atoms with Gasteiger partial charge in [0, 0.05) is 99.4 Å². The smallest absolute Gasteiger partial charge is 0.262 e. The van der Waals surface area contributed by atoms with Crippen molar-refractivity contribution in [1.82, 2.24) is 59.0 Å². The molecule has 6 aliphatic rings. The van der Waals surface area contributed by atoms with Crippen molar-refractivity contribution in [2.75, 3.05) is 40.5 Å². The van der Waals surface area contributed by atoms with Gasteiger partial charge in [-0.3, -0.25) is 67.9 Å². The second-order valence-electron chi connectivity index (χ2n) is 38.9. The number of nitrogens with zero attached hydrogens (tertiary/aromatic N) is 10. The maximum atomic E-state index is 14.4. The molecule has 0 aliphatic carbocycles. The molecule has 12 aromatic rings. The molecule has 34 nitrogen and oxygen atoms in total. The number of hydrogen-bond donors (Lipinski definition) is 3. The molecule has 0 saturated carbocycles. The average Bonchev–Trinajstić information content (AvgIpc) is 0.754. The van der Waals surface area contributed by atoms with E-state index in [0.29, 0.717) is 92.6 Å². The number of Topliss-reactive ketones (excluding diaryl/α,β-unsaturated/α-hetero) is 4. The van der Waals surface area contributed by atoms with Crippen molar-refractivity contribution in [2.24, 2.45) is 14.1 Å². The zero-order chi connectivity index (χ0) is 103. The number of benzene rings is 10. The Balaban J connectivity index is 0.000000200. The van der Waals surface area contributed by atoms with Gasteiger partial charge in [0.2, 0.25) is 37.8 Å². The first kappa shape index (κ1) is 103. The predicted octanol–water partition coefficient (Wildman–Crippen LogP) is 14.7. The largest absolute Gasteiger partial charge is 0.494 e. The number of ketones is 4. The number of sulfonamides is 2. The number of rotatable bonds is 38. The minimum atomic E-state index is -3.97. The summed E-state index contributed by atoms with van der Waals surface area (Å²) in [7, 11) is -1.18. The summed E-state index contributed by atoms with van der Waals surface area (Å²) in [4.78, 5) is 144. The molecule has 6 aliphatic heterocycles. The number of carbonyl (C=O) groups is 11. The summed E-state index contributed by atoms with van der Waals surface area (Å²) in [6, 6.07) is 44.7. The van der Waals surface area contributed by atoms with E-state index >= 15 is 0 Å². The van der Waals surface area contributed by atoms with Crippen molar-refractivity contribution in [1.29, 1.82) is 0 Å². The Kier molecular flexibility index (Phi) is 31.0. The first-order valence-corrected chi connectivity index (χ1v) is 52.4. The number of aliphatic hydroxyl groups excluding tert-OH is 1. The van der Waals surface area contributed by atoms with Gasteiger partial charge in [0.15, 0.2) is 11.6 Å². The van der Waals surface area contributed by atoms with Crippen molar-refractivity contribution in [3.63, 3.8) is 0 Å². The number of nitrogens with one attached hydrogen (secondary N) is 2. The second-order valence-corrected chi connectivity index (χ2v) is 42.7. The first-order valence-electron chi connectivity index (χ1n) is 49.5. The molecule has 0 bridgehead atoms. The predicted molar refractivity (Wildman–Crippen MR) is 541 cm³/mol. The third-order valence-electron chi connectivity index (χ3n) is 28.2. The highest BCUT2D eigenvalue weighted by molar-refractivity contribution is 7.89.